The molecule has 23 heavy (non-hydrogen) atoms. The van der Waals surface area contributed by atoms with Crippen LogP contribution in [-0.2, 0) is 4.79 Å². The predicted octanol–water partition coefficient (Wildman–Crippen LogP) is 1.69. The number of hydrazine groups is 1. The van der Waals surface area contributed by atoms with Gasteiger partial charge in [-0.15, -0.1) is 11.8 Å². The lowest BCUT2D eigenvalue weighted by Gasteiger charge is -2.24. The summed E-state index contributed by atoms with van der Waals surface area (Å²) in [5, 5.41) is 1.30. The third-order valence-corrected chi connectivity index (χ3v) is 4.58. The van der Waals surface area contributed by atoms with Crippen LogP contribution in [0.1, 0.15) is 16.6 Å². The van der Waals surface area contributed by atoms with Crippen molar-refractivity contribution >= 4 is 23.6 Å². The summed E-state index contributed by atoms with van der Waals surface area (Å²) in [4.78, 5) is 30.5. The summed E-state index contributed by atoms with van der Waals surface area (Å²) in [7, 11) is 1.61. The van der Waals surface area contributed by atoms with Crippen LogP contribution in [0.15, 0.2) is 35.1 Å². The third-order valence-electron chi connectivity index (χ3n) is 3.36. The molecule has 0 aliphatic carbocycles. The highest BCUT2D eigenvalue weighted by atomic mass is 32.2. The number of nitrogens with zero attached hydrogens (tertiary/aromatic N) is 2. The summed E-state index contributed by atoms with van der Waals surface area (Å²) in [5.74, 6) is 1.30. The number of carbonyl (C=O) groups excluding carboxylic acids is 1. The molecule has 1 aliphatic heterocycles. The summed E-state index contributed by atoms with van der Waals surface area (Å²) in [6.45, 7) is 1.72. The zero-order valence-corrected chi connectivity index (χ0v) is 13.5. The Balaban J connectivity index is 1.85. The van der Waals surface area contributed by atoms with Crippen molar-refractivity contribution in [2.45, 2.75) is 12.3 Å². The maximum atomic E-state index is 12.2. The average Bonchev–Trinajstić information content (AvgIpc) is 2.87. The highest BCUT2D eigenvalue weighted by molar-refractivity contribution is 8.00. The SMILES string of the molecule is COc1ccc([C@H]2SCC(=O)N2Nc2nc(C)cc(=O)[nH]2)cc1. The molecule has 0 spiro atoms. The highest BCUT2D eigenvalue weighted by Gasteiger charge is 2.33. The summed E-state index contributed by atoms with van der Waals surface area (Å²) in [5.41, 5.74) is 4.19. The second-order valence-electron chi connectivity index (χ2n) is 5.05. The number of ether oxygens (including phenoxy) is 1. The molecule has 0 bridgehead atoms. The van der Waals surface area contributed by atoms with E-state index in [9.17, 15) is 9.59 Å². The van der Waals surface area contributed by atoms with Crippen LogP contribution in [0.4, 0.5) is 5.95 Å². The smallest absolute Gasteiger partial charge is 0.252 e. The Morgan fingerprint density at radius 3 is 2.74 bits per heavy atom. The Labute approximate surface area is 137 Å². The number of aromatic nitrogens is 2. The van der Waals surface area contributed by atoms with Crippen LogP contribution in [0.3, 0.4) is 0 Å². The minimum atomic E-state index is -0.264. The molecule has 2 aromatic rings. The van der Waals surface area contributed by atoms with E-state index in [1.54, 1.807) is 14.0 Å². The topological polar surface area (TPSA) is 87.3 Å². The van der Waals surface area contributed by atoms with Gasteiger partial charge >= 0.3 is 0 Å². The minimum Gasteiger partial charge on any atom is -0.497 e. The highest BCUT2D eigenvalue weighted by Crippen LogP contribution is 2.38. The second-order valence-corrected chi connectivity index (χ2v) is 6.12. The fourth-order valence-electron chi connectivity index (χ4n) is 2.31. The van der Waals surface area contributed by atoms with Gasteiger partial charge in [-0.3, -0.25) is 20.0 Å². The number of hydrogen-bond acceptors (Lipinski definition) is 6. The molecule has 0 saturated carbocycles. The van der Waals surface area contributed by atoms with Crippen LogP contribution in [0.5, 0.6) is 5.75 Å². The van der Waals surface area contributed by atoms with Crippen molar-refractivity contribution in [2.75, 3.05) is 18.3 Å². The van der Waals surface area contributed by atoms with Gasteiger partial charge in [0.25, 0.3) is 11.5 Å². The van der Waals surface area contributed by atoms with E-state index in [2.05, 4.69) is 15.4 Å². The van der Waals surface area contributed by atoms with E-state index in [1.165, 1.54) is 22.8 Å². The molecule has 2 heterocycles. The number of aromatic amines is 1. The van der Waals surface area contributed by atoms with Crippen LogP contribution in [0, 0.1) is 6.92 Å². The van der Waals surface area contributed by atoms with Crippen LogP contribution < -0.4 is 15.7 Å². The summed E-state index contributed by atoms with van der Waals surface area (Å²) in [6, 6.07) is 8.92. The first kappa shape index (κ1) is 15.4. The van der Waals surface area contributed by atoms with Gasteiger partial charge in [0.15, 0.2) is 0 Å². The minimum absolute atomic E-state index is 0.0695. The fraction of sp³-hybridized carbons (Fsp3) is 0.267. The van der Waals surface area contributed by atoms with Crippen molar-refractivity contribution in [2.24, 2.45) is 0 Å². The molecule has 7 nitrogen and oxygen atoms in total. The number of benzene rings is 1. The van der Waals surface area contributed by atoms with Gasteiger partial charge in [-0.2, -0.15) is 0 Å². The van der Waals surface area contributed by atoms with Gasteiger partial charge in [0, 0.05) is 11.8 Å². The molecule has 3 rings (SSSR count). The molecule has 1 atom stereocenters. The maximum absolute atomic E-state index is 12.2. The van der Waals surface area contributed by atoms with E-state index in [-0.39, 0.29) is 22.8 Å². The number of H-pyrrole nitrogens is 1. The molecule has 120 valence electrons. The normalized spacial score (nSPS) is 17.4. The van der Waals surface area contributed by atoms with E-state index in [1.807, 2.05) is 24.3 Å². The molecule has 0 radical (unpaired) electrons. The Kier molecular flexibility index (Phi) is 4.24. The molecular weight excluding hydrogens is 316 g/mol. The number of amides is 1. The van der Waals surface area contributed by atoms with Crippen molar-refractivity contribution in [3.8, 4) is 5.75 Å². The summed E-state index contributed by atoms with van der Waals surface area (Å²) < 4.78 is 5.15. The average molecular weight is 332 g/mol. The van der Waals surface area contributed by atoms with Gasteiger partial charge in [-0.05, 0) is 24.6 Å². The van der Waals surface area contributed by atoms with Crippen LogP contribution in [0.2, 0.25) is 0 Å². The molecule has 1 aromatic carbocycles. The van der Waals surface area contributed by atoms with Gasteiger partial charge in [-0.25, -0.2) is 9.99 Å². The number of nitrogens with one attached hydrogen (secondary N) is 2. The number of methoxy groups -OCH3 is 1. The van der Waals surface area contributed by atoms with Crippen molar-refractivity contribution in [3.05, 3.63) is 51.9 Å². The Hall–Kier alpha value is -2.48. The van der Waals surface area contributed by atoms with E-state index in [4.69, 9.17) is 4.74 Å². The molecular formula is C15H16N4O3S. The summed E-state index contributed by atoms with van der Waals surface area (Å²) >= 11 is 1.51. The van der Waals surface area contributed by atoms with Crippen molar-refractivity contribution in [1.82, 2.24) is 15.0 Å². The zero-order valence-electron chi connectivity index (χ0n) is 12.7. The molecule has 1 amide bonds. The van der Waals surface area contributed by atoms with E-state index in [0.717, 1.165) is 11.3 Å². The molecule has 1 saturated heterocycles. The number of hydrogen-bond donors (Lipinski definition) is 2. The number of carbonyl (C=O) groups is 1. The lowest BCUT2D eigenvalue weighted by Crippen LogP contribution is -2.35. The number of thioether (sulfide) groups is 1. The molecule has 1 fully saturated rings. The van der Waals surface area contributed by atoms with Gasteiger partial charge in [0.05, 0.1) is 12.9 Å². The van der Waals surface area contributed by atoms with Gasteiger partial charge in [0.2, 0.25) is 5.95 Å². The maximum Gasteiger partial charge on any atom is 0.252 e. The van der Waals surface area contributed by atoms with Gasteiger partial charge in [0.1, 0.15) is 11.1 Å². The monoisotopic (exact) mass is 332 g/mol. The van der Waals surface area contributed by atoms with Gasteiger partial charge in [-0.1, -0.05) is 12.1 Å². The van der Waals surface area contributed by atoms with E-state index in [0.29, 0.717) is 11.4 Å². The van der Waals surface area contributed by atoms with Crippen molar-refractivity contribution in [1.29, 1.82) is 0 Å². The third kappa shape index (κ3) is 3.31. The number of aryl methyl sites for hydroxylation is 1. The van der Waals surface area contributed by atoms with E-state index < -0.39 is 0 Å². The second kappa shape index (κ2) is 6.33. The largest absolute Gasteiger partial charge is 0.497 e. The first-order chi connectivity index (χ1) is 11.1. The molecule has 0 unspecified atom stereocenters. The first-order valence-electron chi connectivity index (χ1n) is 6.99. The zero-order chi connectivity index (χ0) is 16.4. The standard InChI is InChI=1S/C15H16N4O3S/c1-9-7-12(20)17-15(16-9)18-19-13(21)8-23-14(19)10-3-5-11(22-2)6-4-10/h3-7,14H,8H2,1-2H3,(H2,16,17,18,20)/t14-/m1/s1. The quantitative estimate of drug-likeness (QED) is 0.886. The predicted molar refractivity (Wildman–Crippen MR) is 88.3 cm³/mol. The Bertz CT molecular complexity index is 775. The number of rotatable bonds is 4. The fourth-order valence-corrected chi connectivity index (χ4v) is 3.41. The first-order valence-corrected chi connectivity index (χ1v) is 8.04. The molecule has 8 heteroatoms. The van der Waals surface area contributed by atoms with Crippen molar-refractivity contribution < 1.29 is 9.53 Å². The molecule has 2 N–H and O–H groups in total. The summed E-state index contributed by atoms with van der Waals surface area (Å²) in [6.07, 6.45) is 0. The Morgan fingerprint density at radius 2 is 2.09 bits per heavy atom. The lowest BCUT2D eigenvalue weighted by molar-refractivity contribution is -0.126. The molecule has 1 aromatic heterocycles. The van der Waals surface area contributed by atoms with Crippen molar-refractivity contribution in [3.63, 3.8) is 0 Å². The number of anilines is 1. The van der Waals surface area contributed by atoms with Crippen LogP contribution >= 0.6 is 11.8 Å². The van der Waals surface area contributed by atoms with Gasteiger partial charge < -0.3 is 4.74 Å². The van der Waals surface area contributed by atoms with E-state index >= 15 is 0 Å². The van der Waals surface area contributed by atoms with Crippen LogP contribution in [-0.4, -0.2) is 33.7 Å². The lowest BCUT2D eigenvalue weighted by atomic mass is 10.2. The van der Waals surface area contributed by atoms with Crippen LogP contribution in [0.25, 0.3) is 0 Å². The molecule has 1 aliphatic rings. The Morgan fingerprint density at radius 1 is 1.35 bits per heavy atom.